The molecule has 0 aliphatic carbocycles. The molecule has 0 radical (unpaired) electrons. The maximum atomic E-state index is 13.6. The van der Waals surface area contributed by atoms with E-state index in [1.807, 2.05) is 44.2 Å². The van der Waals surface area contributed by atoms with Crippen LogP contribution in [0.5, 0.6) is 0 Å². The monoisotopic (exact) mass is 327 g/mol. The average molecular weight is 327 g/mol. The summed E-state index contributed by atoms with van der Waals surface area (Å²) in [7, 11) is 0. The number of nitrogens with one attached hydrogen (secondary N) is 2. The highest BCUT2D eigenvalue weighted by atomic mass is 19.2. The SMILES string of the molecule is CC(C)C(CNc1c(F)c(F)nc(F)c1F)Nc1ccccc1. The van der Waals surface area contributed by atoms with Gasteiger partial charge in [-0.1, -0.05) is 32.0 Å². The average Bonchev–Trinajstić information content (AvgIpc) is 2.52. The van der Waals surface area contributed by atoms with Crippen molar-refractivity contribution < 1.29 is 17.6 Å². The van der Waals surface area contributed by atoms with Gasteiger partial charge >= 0.3 is 0 Å². The Balaban J connectivity index is 2.14. The van der Waals surface area contributed by atoms with Crippen molar-refractivity contribution in [3.8, 4) is 0 Å². The van der Waals surface area contributed by atoms with Crippen LogP contribution >= 0.6 is 0 Å². The van der Waals surface area contributed by atoms with Gasteiger partial charge in [0, 0.05) is 18.3 Å². The van der Waals surface area contributed by atoms with E-state index >= 15 is 0 Å². The van der Waals surface area contributed by atoms with Crippen LogP contribution in [-0.4, -0.2) is 17.6 Å². The summed E-state index contributed by atoms with van der Waals surface area (Å²) in [5.41, 5.74) is -0.0171. The number of nitrogens with zero attached hydrogens (tertiary/aromatic N) is 1. The second-order valence-corrected chi connectivity index (χ2v) is 5.44. The third-order valence-corrected chi connectivity index (χ3v) is 3.43. The molecule has 0 saturated carbocycles. The maximum Gasteiger partial charge on any atom is 0.253 e. The molecule has 1 aromatic heterocycles. The molecular weight excluding hydrogens is 310 g/mol. The molecule has 0 amide bonds. The topological polar surface area (TPSA) is 37.0 Å². The van der Waals surface area contributed by atoms with Gasteiger partial charge in [0.2, 0.25) is 11.6 Å². The van der Waals surface area contributed by atoms with Crippen molar-refractivity contribution in [3.63, 3.8) is 0 Å². The summed E-state index contributed by atoms with van der Waals surface area (Å²) in [5, 5.41) is 5.64. The Morgan fingerprint density at radius 3 is 2.04 bits per heavy atom. The fourth-order valence-corrected chi connectivity index (χ4v) is 2.06. The number of para-hydroxylation sites is 1. The number of aromatic nitrogens is 1. The lowest BCUT2D eigenvalue weighted by atomic mass is 10.0. The van der Waals surface area contributed by atoms with E-state index in [9.17, 15) is 17.6 Å². The quantitative estimate of drug-likeness (QED) is 0.617. The second-order valence-electron chi connectivity index (χ2n) is 5.44. The fraction of sp³-hybridized carbons (Fsp3) is 0.312. The second kappa shape index (κ2) is 7.30. The van der Waals surface area contributed by atoms with Gasteiger partial charge < -0.3 is 10.6 Å². The van der Waals surface area contributed by atoms with Gasteiger partial charge in [-0.3, -0.25) is 0 Å². The van der Waals surface area contributed by atoms with Crippen LogP contribution in [0.1, 0.15) is 13.8 Å². The number of anilines is 2. The summed E-state index contributed by atoms with van der Waals surface area (Å²) in [6.07, 6.45) is 0. The van der Waals surface area contributed by atoms with Gasteiger partial charge in [0.15, 0.2) is 0 Å². The standard InChI is InChI=1S/C16H17F4N3/c1-9(2)11(22-10-6-4-3-5-7-10)8-21-14-12(17)15(19)23-16(20)13(14)18/h3-7,9,11,22H,8H2,1-2H3,(H,21,23). The Kier molecular flexibility index (Phi) is 5.41. The summed E-state index contributed by atoms with van der Waals surface area (Å²) in [5.74, 6) is -6.32. The van der Waals surface area contributed by atoms with E-state index in [1.165, 1.54) is 0 Å². The number of halogens is 4. The van der Waals surface area contributed by atoms with Crippen molar-refractivity contribution in [2.45, 2.75) is 19.9 Å². The molecule has 0 spiro atoms. The van der Waals surface area contributed by atoms with Crippen LogP contribution in [0.25, 0.3) is 0 Å². The predicted molar refractivity (Wildman–Crippen MR) is 81.2 cm³/mol. The largest absolute Gasteiger partial charge is 0.380 e. The van der Waals surface area contributed by atoms with Gasteiger partial charge in [-0.15, -0.1) is 0 Å². The van der Waals surface area contributed by atoms with E-state index in [4.69, 9.17) is 0 Å². The molecule has 0 aliphatic rings. The predicted octanol–water partition coefficient (Wildman–Crippen LogP) is 4.19. The molecule has 1 heterocycles. The normalized spacial score (nSPS) is 12.3. The minimum Gasteiger partial charge on any atom is -0.380 e. The lowest BCUT2D eigenvalue weighted by molar-refractivity contribution is 0.410. The molecule has 1 unspecified atom stereocenters. The van der Waals surface area contributed by atoms with Crippen molar-refractivity contribution in [3.05, 3.63) is 53.9 Å². The number of pyridine rings is 1. The third-order valence-electron chi connectivity index (χ3n) is 3.43. The van der Waals surface area contributed by atoms with Gasteiger partial charge in [0.25, 0.3) is 11.9 Å². The Hall–Kier alpha value is -2.31. The van der Waals surface area contributed by atoms with Crippen LogP contribution in [0.4, 0.5) is 28.9 Å². The minimum absolute atomic E-state index is 0.0727. The highest BCUT2D eigenvalue weighted by Crippen LogP contribution is 2.22. The molecule has 1 aromatic carbocycles. The van der Waals surface area contributed by atoms with Crippen LogP contribution in [0, 0.1) is 29.4 Å². The van der Waals surface area contributed by atoms with E-state index in [0.29, 0.717) is 0 Å². The first-order valence-corrected chi connectivity index (χ1v) is 7.15. The van der Waals surface area contributed by atoms with E-state index in [-0.39, 0.29) is 18.5 Å². The molecular formula is C16H17F4N3. The van der Waals surface area contributed by atoms with Crippen LogP contribution in [0.2, 0.25) is 0 Å². The molecule has 7 heteroatoms. The van der Waals surface area contributed by atoms with Crippen molar-refractivity contribution in [1.82, 2.24) is 4.98 Å². The summed E-state index contributed by atoms with van der Waals surface area (Å²) in [4.78, 5) is 2.52. The van der Waals surface area contributed by atoms with E-state index in [0.717, 1.165) is 5.69 Å². The highest BCUT2D eigenvalue weighted by Gasteiger charge is 2.22. The zero-order chi connectivity index (χ0) is 17.0. The van der Waals surface area contributed by atoms with E-state index in [2.05, 4.69) is 15.6 Å². The van der Waals surface area contributed by atoms with Crippen molar-refractivity contribution in [2.75, 3.05) is 17.2 Å². The lowest BCUT2D eigenvalue weighted by Gasteiger charge is -2.24. The molecule has 0 saturated heterocycles. The smallest absolute Gasteiger partial charge is 0.253 e. The molecule has 2 N–H and O–H groups in total. The van der Waals surface area contributed by atoms with Gasteiger partial charge in [-0.25, -0.2) is 0 Å². The molecule has 1 atom stereocenters. The molecule has 124 valence electrons. The van der Waals surface area contributed by atoms with Crippen molar-refractivity contribution in [1.29, 1.82) is 0 Å². The van der Waals surface area contributed by atoms with Gasteiger partial charge in [0.05, 0.1) is 0 Å². The molecule has 2 aromatic rings. The molecule has 23 heavy (non-hydrogen) atoms. The van der Waals surface area contributed by atoms with Crippen LogP contribution in [0.15, 0.2) is 30.3 Å². The molecule has 3 nitrogen and oxygen atoms in total. The number of benzene rings is 1. The van der Waals surface area contributed by atoms with Gasteiger partial charge in [0.1, 0.15) is 5.69 Å². The van der Waals surface area contributed by atoms with Gasteiger partial charge in [-0.2, -0.15) is 22.5 Å². The number of rotatable bonds is 6. The molecule has 2 rings (SSSR count). The summed E-state index contributed by atoms with van der Waals surface area (Å²) in [6.45, 7) is 3.91. The number of hydrogen-bond acceptors (Lipinski definition) is 3. The molecule has 0 fully saturated rings. The van der Waals surface area contributed by atoms with Crippen LogP contribution in [-0.2, 0) is 0 Å². The zero-order valence-corrected chi connectivity index (χ0v) is 12.7. The van der Waals surface area contributed by atoms with E-state index < -0.39 is 29.2 Å². The zero-order valence-electron chi connectivity index (χ0n) is 12.7. The summed E-state index contributed by atoms with van der Waals surface area (Å²) in [6, 6.07) is 9.04. The summed E-state index contributed by atoms with van der Waals surface area (Å²) < 4.78 is 53.4. The Bertz CT molecular complexity index is 636. The van der Waals surface area contributed by atoms with Crippen molar-refractivity contribution >= 4 is 11.4 Å². The van der Waals surface area contributed by atoms with E-state index in [1.54, 1.807) is 0 Å². The maximum absolute atomic E-state index is 13.6. The highest BCUT2D eigenvalue weighted by molar-refractivity contribution is 5.47. The molecule has 0 bridgehead atoms. The lowest BCUT2D eigenvalue weighted by Crippen LogP contribution is -2.33. The first kappa shape index (κ1) is 17.1. The first-order chi connectivity index (χ1) is 10.9. The third kappa shape index (κ3) is 4.12. The number of hydrogen-bond donors (Lipinski definition) is 2. The molecule has 0 aliphatic heterocycles. The Labute approximate surface area is 131 Å². The first-order valence-electron chi connectivity index (χ1n) is 7.15. The Morgan fingerprint density at radius 2 is 1.52 bits per heavy atom. The van der Waals surface area contributed by atoms with Crippen LogP contribution in [0.3, 0.4) is 0 Å². The summed E-state index contributed by atoms with van der Waals surface area (Å²) >= 11 is 0. The van der Waals surface area contributed by atoms with Gasteiger partial charge in [-0.05, 0) is 18.1 Å². The fourth-order valence-electron chi connectivity index (χ4n) is 2.06. The van der Waals surface area contributed by atoms with Crippen molar-refractivity contribution in [2.24, 2.45) is 5.92 Å². The van der Waals surface area contributed by atoms with Crippen LogP contribution < -0.4 is 10.6 Å². The minimum atomic E-state index is -1.68. The Morgan fingerprint density at radius 1 is 0.957 bits per heavy atom.